The summed E-state index contributed by atoms with van der Waals surface area (Å²) in [4.78, 5) is 29.5. The average molecular weight is 369 g/mol. The maximum Gasteiger partial charge on any atom is 0.341 e. The molecule has 7 heteroatoms. The maximum absolute atomic E-state index is 12.7. The molecule has 3 aromatic heterocycles. The summed E-state index contributed by atoms with van der Waals surface area (Å²) in [6, 6.07) is 5.71. The van der Waals surface area contributed by atoms with Crippen molar-refractivity contribution in [3.05, 3.63) is 52.3 Å². The lowest BCUT2D eigenvalue weighted by Crippen LogP contribution is -2.15. The maximum atomic E-state index is 12.7. The molecular weight excluding hydrogens is 350 g/mol. The van der Waals surface area contributed by atoms with Gasteiger partial charge in [0.25, 0.3) is 5.91 Å². The lowest BCUT2D eigenvalue weighted by atomic mass is 10.1. The molecule has 1 aliphatic rings. The lowest BCUT2D eigenvalue weighted by Gasteiger charge is -2.07. The van der Waals surface area contributed by atoms with Gasteiger partial charge in [-0.3, -0.25) is 4.79 Å². The zero-order valence-electron chi connectivity index (χ0n) is 14.6. The fourth-order valence-corrected chi connectivity index (χ4v) is 4.02. The molecule has 3 heterocycles. The van der Waals surface area contributed by atoms with Gasteiger partial charge in [0.05, 0.1) is 12.2 Å². The SMILES string of the molecule is CCOC(=O)c1c(C2CC2)csc1NC(=O)c1cn2c(C)cccc2n1. The molecule has 1 amide bonds. The number of hydrogen-bond acceptors (Lipinski definition) is 5. The molecule has 1 N–H and O–H groups in total. The van der Waals surface area contributed by atoms with E-state index in [4.69, 9.17) is 4.74 Å². The molecule has 0 saturated heterocycles. The zero-order chi connectivity index (χ0) is 18.3. The molecule has 1 fully saturated rings. The van der Waals surface area contributed by atoms with Gasteiger partial charge in [-0.05, 0) is 55.7 Å². The normalized spacial score (nSPS) is 13.8. The Kier molecular flexibility index (Phi) is 4.24. The first-order chi connectivity index (χ1) is 12.6. The monoisotopic (exact) mass is 369 g/mol. The number of thiophene rings is 1. The van der Waals surface area contributed by atoms with E-state index in [9.17, 15) is 9.59 Å². The van der Waals surface area contributed by atoms with Crippen LogP contribution in [0.2, 0.25) is 0 Å². The molecule has 134 valence electrons. The van der Waals surface area contributed by atoms with Crippen molar-refractivity contribution in [1.82, 2.24) is 9.38 Å². The summed E-state index contributed by atoms with van der Waals surface area (Å²) in [5, 5.41) is 5.34. The second-order valence-electron chi connectivity index (χ2n) is 6.37. The van der Waals surface area contributed by atoms with Crippen LogP contribution in [0.3, 0.4) is 0 Å². The molecule has 0 unspecified atom stereocenters. The van der Waals surface area contributed by atoms with Crippen LogP contribution in [0.1, 0.15) is 57.8 Å². The second kappa shape index (κ2) is 6.57. The Morgan fingerprint density at radius 3 is 2.88 bits per heavy atom. The van der Waals surface area contributed by atoms with Crippen LogP contribution < -0.4 is 5.32 Å². The highest BCUT2D eigenvalue weighted by Crippen LogP contribution is 2.46. The number of anilines is 1. The number of nitrogens with one attached hydrogen (secondary N) is 1. The molecule has 0 aromatic carbocycles. The molecular formula is C19H19N3O3S. The van der Waals surface area contributed by atoms with Crippen molar-refractivity contribution in [2.24, 2.45) is 0 Å². The van der Waals surface area contributed by atoms with E-state index < -0.39 is 0 Å². The minimum Gasteiger partial charge on any atom is -0.462 e. The van der Waals surface area contributed by atoms with Crippen LogP contribution in [0, 0.1) is 6.92 Å². The third kappa shape index (κ3) is 2.99. The molecule has 0 atom stereocenters. The van der Waals surface area contributed by atoms with Crippen LogP contribution in [0.5, 0.6) is 0 Å². The smallest absolute Gasteiger partial charge is 0.341 e. The predicted molar refractivity (Wildman–Crippen MR) is 100 cm³/mol. The highest BCUT2D eigenvalue weighted by molar-refractivity contribution is 7.15. The van der Waals surface area contributed by atoms with E-state index in [1.807, 2.05) is 34.9 Å². The third-order valence-electron chi connectivity index (χ3n) is 4.47. The van der Waals surface area contributed by atoms with Gasteiger partial charge in [0, 0.05) is 11.9 Å². The topological polar surface area (TPSA) is 72.7 Å². The van der Waals surface area contributed by atoms with Gasteiger partial charge in [-0.2, -0.15) is 0 Å². The molecule has 1 saturated carbocycles. The fraction of sp³-hybridized carbons (Fsp3) is 0.316. The largest absolute Gasteiger partial charge is 0.462 e. The van der Waals surface area contributed by atoms with Crippen molar-refractivity contribution in [3.63, 3.8) is 0 Å². The van der Waals surface area contributed by atoms with Crippen molar-refractivity contribution in [2.75, 3.05) is 11.9 Å². The van der Waals surface area contributed by atoms with Crippen LogP contribution in [0.4, 0.5) is 5.00 Å². The van der Waals surface area contributed by atoms with Crippen LogP contribution in [-0.2, 0) is 4.74 Å². The standard InChI is InChI=1S/C19H19N3O3S/c1-3-25-19(24)16-13(12-7-8-12)10-26-18(16)21-17(23)14-9-22-11(2)5-4-6-15(22)20-14/h4-6,9-10,12H,3,7-8H2,1-2H3,(H,21,23). The highest BCUT2D eigenvalue weighted by Gasteiger charge is 2.32. The van der Waals surface area contributed by atoms with E-state index in [0.29, 0.717) is 34.4 Å². The Hall–Kier alpha value is -2.67. The number of carbonyl (C=O) groups excluding carboxylic acids is 2. The van der Waals surface area contributed by atoms with E-state index in [-0.39, 0.29) is 11.9 Å². The Labute approximate surface area is 154 Å². The van der Waals surface area contributed by atoms with E-state index in [2.05, 4.69) is 10.3 Å². The number of esters is 1. The molecule has 1 aliphatic carbocycles. The lowest BCUT2D eigenvalue weighted by molar-refractivity contribution is 0.0527. The number of fused-ring (bicyclic) bond motifs is 1. The Balaban J connectivity index is 1.64. The van der Waals surface area contributed by atoms with E-state index in [1.165, 1.54) is 11.3 Å². The molecule has 0 spiro atoms. The van der Waals surface area contributed by atoms with Gasteiger partial charge < -0.3 is 14.5 Å². The first kappa shape index (κ1) is 16.8. The highest BCUT2D eigenvalue weighted by atomic mass is 32.1. The van der Waals surface area contributed by atoms with Crippen LogP contribution in [0.15, 0.2) is 29.8 Å². The predicted octanol–water partition coefficient (Wildman–Crippen LogP) is 4.01. The summed E-state index contributed by atoms with van der Waals surface area (Å²) in [6.07, 6.45) is 3.85. The molecule has 4 rings (SSSR count). The van der Waals surface area contributed by atoms with Gasteiger partial charge in [-0.15, -0.1) is 11.3 Å². The van der Waals surface area contributed by atoms with Crippen LogP contribution in [0.25, 0.3) is 5.65 Å². The number of aromatic nitrogens is 2. The second-order valence-corrected chi connectivity index (χ2v) is 7.25. The Bertz CT molecular complexity index is 1000. The number of nitrogens with zero attached hydrogens (tertiary/aromatic N) is 2. The molecule has 0 radical (unpaired) electrons. The first-order valence-electron chi connectivity index (χ1n) is 8.63. The summed E-state index contributed by atoms with van der Waals surface area (Å²) in [7, 11) is 0. The number of pyridine rings is 1. The fourth-order valence-electron chi connectivity index (χ4n) is 3.00. The quantitative estimate of drug-likeness (QED) is 0.690. The summed E-state index contributed by atoms with van der Waals surface area (Å²) in [5.74, 6) is -0.311. The number of amides is 1. The van der Waals surface area contributed by atoms with E-state index >= 15 is 0 Å². The summed E-state index contributed by atoms with van der Waals surface area (Å²) < 4.78 is 7.06. The van der Waals surface area contributed by atoms with Gasteiger partial charge in [-0.1, -0.05) is 6.07 Å². The van der Waals surface area contributed by atoms with Gasteiger partial charge in [0.1, 0.15) is 16.3 Å². The minimum absolute atomic E-state index is 0.303. The molecule has 3 aromatic rings. The van der Waals surface area contributed by atoms with Crippen molar-refractivity contribution < 1.29 is 14.3 Å². The van der Waals surface area contributed by atoms with E-state index in [0.717, 1.165) is 24.1 Å². The van der Waals surface area contributed by atoms with Crippen LogP contribution in [-0.4, -0.2) is 27.9 Å². The number of ether oxygens (including phenoxy) is 1. The minimum atomic E-state index is -0.378. The number of carbonyl (C=O) groups is 2. The Morgan fingerprint density at radius 2 is 2.19 bits per heavy atom. The molecule has 0 bridgehead atoms. The molecule has 0 aliphatic heterocycles. The third-order valence-corrected chi connectivity index (χ3v) is 5.39. The van der Waals surface area contributed by atoms with Gasteiger partial charge in [0.2, 0.25) is 0 Å². The number of aryl methyl sites for hydroxylation is 1. The molecule has 26 heavy (non-hydrogen) atoms. The number of hydrogen-bond donors (Lipinski definition) is 1. The van der Waals surface area contributed by atoms with Gasteiger partial charge in [-0.25, -0.2) is 9.78 Å². The molecule has 6 nitrogen and oxygen atoms in total. The zero-order valence-corrected chi connectivity index (χ0v) is 15.4. The van der Waals surface area contributed by atoms with E-state index in [1.54, 1.807) is 13.1 Å². The van der Waals surface area contributed by atoms with Crippen LogP contribution >= 0.6 is 11.3 Å². The first-order valence-corrected chi connectivity index (χ1v) is 9.51. The van der Waals surface area contributed by atoms with Crippen molar-refractivity contribution >= 4 is 33.9 Å². The van der Waals surface area contributed by atoms with Gasteiger partial charge >= 0.3 is 5.97 Å². The number of rotatable bonds is 5. The average Bonchev–Trinajstić information content (AvgIpc) is 3.21. The summed E-state index contributed by atoms with van der Waals surface area (Å²) in [5.41, 5.74) is 3.50. The summed E-state index contributed by atoms with van der Waals surface area (Å²) >= 11 is 1.36. The summed E-state index contributed by atoms with van der Waals surface area (Å²) in [6.45, 7) is 4.03. The van der Waals surface area contributed by atoms with Crippen molar-refractivity contribution in [3.8, 4) is 0 Å². The van der Waals surface area contributed by atoms with Crippen molar-refractivity contribution in [1.29, 1.82) is 0 Å². The van der Waals surface area contributed by atoms with Crippen molar-refractivity contribution in [2.45, 2.75) is 32.6 Å². The Morgan fingerprint density at radius 1 is 1.38 bits per heavy atom. The number of imidazole rings is 1. The van der Waals surface area contributed by atoms with Gasteiger partial charge in [0.15, 0.2) is 0 Å².